The van der Waals surface area contributed by atoms with Crippen LogP contribution in [0.3, 0.4) is 0 Å². The standard InChI is InChI=1S/C3H7NO3.ClH/c1-4(7-2)3(5)6;/h1-2H3,(H,5,6);1H. The summed E-state index contributed by atoms with van der Waals surface area (Å²) in [5.41, 5.74) is 0. The molecule has 1 amide bonds. The largest absolute Gasteiger partial charge is 0.463 e. The summed E-state index contributed by atoms with van der Waals surface area (Å²) in [6, 6.07) is 0. The third kappa shape index (κ3) is 3.70. The summed E-state index contributed by atoms with van der Waals surface area (Å²) >= 11 is 0. The molecule has 0 atom stereocenters. The van der Waals surface area contributed by atoms with Crippen molar-refractivity contribution in [3.05, 3.63) is 0 Å². The van der Waals surface area contributed by atoms with E-state index in [0.29, 0.717) is 5.06 Å². The van der Waals surface area contributed by atoms with Crippen molar-refractivity contribution in [2.75, 3.05) is 14.2 Å². The van der Waals surface area contributed by atoms with E-state index in [1.807, 2.05) is 0 Å². The molecule has 8 heavy (non-hydrogen) atoms. The molecule has 0 saturated heterocycles. The summed E-state index contributed by atoms with van der Waals surface area (Å²) in [5, 5.41) is 8.69. The van der Waals surface area contributed by atoms with Crippen LogP contribution in [0.1, 0.15) is 0 Å². The summed E-state index contributed by atoms with van der Waals surface area (Å²) in [5.74, 6) is 0. The molecule has 5 heteroatoms. The topological polar surface area (TPSA) is 49.8 Å². The molecule has 0 aromatic carbocycles. The van der Waals surface area contributed by atoms with Crippen LogP contribution < -0.4 is 0 Å². The van der Waals surface area contributed by atoms with Crippen LogP contribution in [0.2, 0.25) is 0 Å². The van der Waals surface area contributed by atoms with Crippen molar-refractivity contribution in [3.8, 4) is 0 Å². The molecule has 0 radical (unpaired) electrons. The number of hydrogen-bond donors (Lipinski definition) is 1. The van der Waals surface area contributed by atoms with Gasteiger partial charge in [0.05, 0.1) is 7.11 Å². The maximum atomic E-state index is 9.73. The van der Waals surface area contributed by atoms with Crippen molar-refractivity contribution in [2.45, 2.75) is 0 Å². The smallest absolute Gasteiger partial charge is 0.431 e. The van der Waals surface area contributed by atoms with Gasteiger partial charge in [-0.15, -0.1) is 12.4 Å². The van der Waals surface area contributed by atoms with Crippen LogP contribution >= 0.6 is 12.4 Å². The lowest BCUT2D eigenvalue weighted by Gasteiger charge is -2.06. The first-order valence-corrected chi connectivity index (χ1v) is 1.69. The van der Waals surface area contributed by atoms with Crippen LogP contribution in [0.4, 0.5) is 4.79 Å². The molecule has 1 N–H and O–H groups in total. The average Bonchev–Trinajstić information content (AvgIpc) is 1.65. The van der Waals surface area contributed by atoms with Crippen molar-refractivity contribution < 1.29 is 14.7 Å². The van der Waals surface area contributed by atoms with E-state index in [9.17, 15) is 4.79 Å². The molecule has 0 unspecified atom stereocenters. The molecule has 4 nitrogen and oxygen atoms in total. The first-order chi connectivity index (χ1) is 3.18. The number of carbonyl (C=O) groups is 1. The molecule has 0 saturated carbocycles. The van der Waals surface area contributed by atoms with Crippen molar-refractivity contribution >= 4 is 18.5 Å². The summed E-state index contributed by atoms with van der Waals surface area (Å²) in [7, 11) is 2.59. The summed E-state index contributed by atoms with van der Waals surface area (Å²) < 4.78 is 0. The Morgan fingerprint density at radius 3 is 2.12 bits per heavy atom. The van der Waals surface area contributed by atoms with Crippen LogP contribution in [0, 0.1) is 0 Å². The Bertz CT molecular complexity index is 76.9. The molecule has 0 rings (SSSR count). The van der Waals surface area contributed by atoms with E-state index in [1.165, 1.54) is 14.2 Å². The number of carboxylic acid groups (broad SMARTS) is 1. The van der Waals surface area contributed by atoms with Crippen LogP contribution in [0.5, 0.6) is 0 Å². The number of rotatable bonds is 1. The van der Waals surface area contributed by atoms with Gasteiger partial charge in [-0.25, -0.2) is 4.79 Å². The molecule has 0 bridgehead atoms. The van der Waals surface area contributed by atoms with Crippen LogP contribution in [-0.2, 0) is 4.84 Å². The van der Waals surface area contributed by atoms with Gasteiger partial charge >= 0.3 is 6.09 Å². The molecule has 0 aliphatic rings. The molecule has 50 valence electrons. The van der Waals surface area contributed by atoms with Crippen molar-refractivity contribution in [1.82, 2.24) is 5.06 Å². The average molecular weight is 142 g/mol. The fourth-order valence-electron chi connectivity index (χ4n) is 0.0781. The van der Waals surface area contributed by atoms with Gasteiger partial charge in [-0.1, -0.05) is 0 Å². The minimum absolute atomic E-state index is 0. The molecule has 0 spiro atoms. The van der Waals surface area contributed by atoms with E-state index in [4.69, 9.17) is 5.11 Å². The van der Waals surface area contributed by atoms with Gasteiger partial charge in [0.25, 0.3) is 0 Å². The van der Waals surface area contributed by atoms with Crippen molar-refractivity contribution in [2.24, 2.45) is 0 Å². The van der Waals surface area contributed by atoms with Gasteiger partial charge in [0.15, 0.2) is 0 Å². The maximum Gasteiger partial charge on any atom is 0.431 e. The second kappa shape index (κ2) is 4.67. The predicted molar refractivity (Wildman–Crippen MR) is 30.0 cm³/mol. The first-order valence-electron chi connectivity index (χ1n) is 1.69. The molecular formula is C3H8ClNO3. The fraction of sp³-hybridized carbons (Fsp3) is 0.667. The van der Waals surface area contributed by atoms with Gasteiger partial charge in [0.1, 0.15) is 0 Å². The van der Waals surface area contributed by atoms with Gasteiger partial charge in [-0.2, -0.15) is 5.06 Å². The second-order valence-electron chi connectivity index (χ2n) is 0.963. The highest BCUT2D eigenvalue weighted by atomic mass is 35.5. The van der Waals surface area contributed by atoms with E-state index in [1.54, 1.807) is 0 Å². The molecular weight excluding hydrogens is 133 g/mol. The second-order valence-corrected chi connectivity index (χ2v) is 0.963. The number of halogens is 1. The summed E-state index contributed by atoms with van der Waals surface area (Å²) in [6.45, 7) is 0. The minimum Gasteiger partial charge on any atom is -0.463 e. The molecule has 0 aliphatic heterocycles. The molecule has 0 fully saturated rings. The van der Waals surface area contributed by atoms with Gasteiger partial charge < -0.3 is 5.11 Å². The Hall–Kier alpha value is -0.480. The summed E-state index contributed by atoms with van der Waals surface area (Å²) in [6.07, 6.45) is -1.09. The number of nitrogens with zero attached hydrogens (tertiary/aromatic N) is 1. The van der Waals surface area contributed by atoms with E-state index in [-0.39, 0.29) is 12.4 Å². The van der Waals surface area contributed by atoms with E-state index >= 15 is 0 Å². The van der Waals surface area contributed by atoms with E-state index < -0.39 is 6.09 Å². The highest BCUT2D eigenvalue weighted by molar-refractivity contribution is 5.85. The maximum absolute atomic E-state index is 9.73. The third-order valence-electron chi connectivity index (χ3n) is 0.543. The minimum atomic E-state index is -1.09. The van der Waals surface area contributed by atoms with Gasteiger partial charge in [0.2, 0.25) is 0 Å². The Morgan fingerprint density at radius 1 is 1.75 bits per heavy atom. The first kappa shape index (κ1) is 10.5. The normalized spacial score (nSPS) is 7.25. The highest BCUT2D eigenvalue weighted by Gasteiger charge is 1.99. The van der Waals surface area contributed by atoms with Crippen LogP contribution in [-0.4, -0.2) is 30.4 Å². The zero-order chi connectivity index (χ0) is 5.86. The van der Waals surface area contributed by atoms with Crippen molar-refractivity contribution in [1.29, 1.82) is 0 Å². The SMILES string of the molecule is CON(C)C(=O)O.Cl. The third-order valence-corrected chi connectivity index (χ3v) is 0.543. The van der Waals surface area contributed by atoms with Gasteiger partial charge in [-0.05, 0) is 0 Å². The summed E-state index contributed by atoms with van der Waals surface area (Å²) in [4.78, 5) is 14.0. The lowest BCUT2D eigenvalue weighted by atomic mass is 11.1. The predicted octanol–water partition coefficient (Wildman–Crippen LogP) is 0.579. The number of amides is 1. The zero-order valence-electron chi connectivity index (χ0n) is 4.62. The Morgan fingerprint density at radius 2 is 2.12 bits per heavy atom. The van der Waals surface area contributed by atoms with Gasteiger partial charge in [0, 0.05) is 7.05 Å². The molecule has 0 aromatic rings. The lowest BCUT2D eigenvalue weighted by Crippen LogP contribution is -2.22. The zero-order valence-corrected chi connectivity index (χ0v) is 5.44. The molecule has 0 aliphatic carbocycles. The molecule has 0 aromatic heterocycles. The van der Waals surface area contributed by atoms with Crippen LogP contribution in [0.25, 0.3) is 0 Å². The fourth-order valence-corrected chi connectivity index (χ4v) is 0.0781. The van der Waals surface area contributed by atoms with E-state index in [0.717, 1.165) is 0 Å². The van der Waals surface area contributed by atoms with E-state index in [2.05, 4.69) is 4.84 Å². The van der Waals surface area contributed by atoms with Gasteiger partial charge in [-0.3, -0.25) is 4.84 Å². The molecule has 0 heterocycles. The lowest BCUT2D eigenvalue weighted by molar-refractivity contribution is -0.0819. The number of hydrogen-bond acceptors (Lipinski definition) is 2. The Labute approximate surface area is 53.4 Å². The monoisotopic (exact) mass is 141 g/mol. The van der Waals surface area contributed by atoms with Crippen LogP contribution in [0.15, 0.2) is 0 Å². The Kier molecular flexibility index (Phi) is 6.13. The highest BCUT2D eigenvalue weighted by Crippen LogP contribution is 1.78. The van der Waals surface area contributed by atoms with Crippen molar-refractivity contribution in [3.63, 3.8) is 0 Å². The quantitative estimate of drug-likeness (QED) is 0.544. The Balaban J connectivity index is 0. The number of hydroxylamine groups is 2.